The largest absolute Gasteiger partial charge is 0.454 e. The van der Waals surface area contributed by atoms with Gasteiger partial charge < -0.3 is 45.1 Å². The van der Waals surface area contributed by atoms with Gasteiger partial charge in [-0.1, -0.05) is 279 Å². The molecule has 11 nitrogen and oxygen atoms in total. The maximum absolute atomic E-state index is 13.5. The van der Waals surface area contributed by atoms with E-state index in [0.717, 1.165) is 103 Å². The van der Waals surface area contributed by atoms with Gasteiger partial charge in [-0.15, -0.1) is 0 Å². The summed E-state index contributed by atoms with van der Waals surface area (Å²) in [5.74, 6) is -1.20. The molecule has 0 aromatic carbocycles. The van der Waals surface area contributed by atoms with Gasteiger partial charge in [0.05, 0.1) is 25.4 Å². The van der Waals surface area contributed by atoms with E-state index in [1.807, 2.05) is 6.08 Å². The van der Waals surface area contributed by atoms with E-state index in [1.54, 1.807) is 6.08 Å². The van der Waals surface area contributed by atoms with Crippen molar-refractivity contribution in [2.75, 3.05) is 13.2 Å². The average Bonchev–Trinajstić information content (AvgIpc) is 3.55. The minimum absolute atomic E-state index is 0.112. The van der Waals surface area contributed by atoms with E-state index in [-0.39, 0.29) is 19.4 Å². The van der Waals surface area contributed by atoms with Crippen LogP contribution in [0, 0.1) is 0 Å². The van der Waals surface area contributed by atoms with E-state index in [9.17, 15) is 35.1 Å². The van der Waals surface area contributed by atoms with Crippen molar-refractivity contribution >= 4 is 11.9 Å². The van der Waals surface area contributed by atoms with Gasteiger partial charge >= 0.3 is 5.97 Å². The van der Waals surface area contributed by atoms with E-state index >= 15 is 0 Å². The summed E-state index contributed by atoms with van der Waals surface area (Å²) in [6.07, 6.45) is 68.9. The van der Waals surface area contributed by atoms with Crippen molar-refractivity contribution in [1.82, 2.24) is 5.32 Å². The van der Waals surface area contributed by atoms with E-state index in [2.05, 4.69) is 99.0 Å². The molecule has 1 fully saturated rings. The fraction of sp³-hybridized carbons (Fsp3) is 0.781. The predicted molar refractivity (Wildman–Crippen MR) is 352 cm³/mol. The van der Waals surface area contributed by atoms with Crippen LogP contribution in [0.15, 0.2) is 85.1 Å². The van der Waals surface area contributed by atoms with E-state index in [1.165, 1.54) is 154 Å². The highest BCUT2D eigenvalue weighted by atomic mass is 16.7. The number of hydrogen-bond acceptors (Lipinski definition) is 10. The minimum Gasteiger partial charge on any atom is -0.454 e. The maximum atomic E-state index is 13.5. The Bertz CT molecular complexity index is 1690. The number of aliphatic hydroxyl groups excluding tert-OH is 5. The molecule has 11 heteroatoms. The van der Waals surface area contributed by atoms with Crippen LogP contribution in [0.25, 0.3) is 0 Å². The summed E-state index contributed by atoms with van der Waals surface area (Å²) in [6.45, 7) is 5.75. The van der Waals surface area contributed by atoms with E-state index < -0.39 is 67.4 Å². The van der Waals surface area contributed by atoms with Crippen molar-refractivity contribution in [3.8, 4) is 0 Å². The number of hydrogen-bond donors (Lipinski definition) is 6. The molecule has 0 aliphatic carbocycles. The number of ether oxygens (including phenoxy) is 3. The third kappa shape index (κ3) is 47.0. The van der Waals surface area contributed by atoms with Crippen molar-refractivity contribution in [2.24, 2.45) is 0 Å². The van der Waals surface area contributed by atoms with Gasteiger partial charge in [-0.05, 0) is 103 Å². The Morgan fingerprint density at radius 1 is 0.464 bits per heavy atom. The Morgan fingerprint density at radius 2 is 0.821 bits per heavy atom. The lowest BCUT2D eigenvalue weighted by Gasteiger charge is -2.41. The van der Waals surface area contributed by atoms with Crippen molar-refractivity contribution < 1.29 is 49.3 Å². The van der Waals surface area contributed by atoms with Crippen molar-refractivity contribution in [3.63, 3.8) is 0 Å². The number of allylic oxidation sites excluding steroid dienone is 13. The summed E-state index contributed by atoms with van der Waals surface area (Å²) in [6, 6.07) is -1.03. The summed E-state index contributed by atoms with van der Waals surface area (Å²) < 4.78 is 17.7. The van der Waals surface area contributed by atoms with Gasteiger partial charge in [0.25, 0.3) is 0 Å². The Labute approximate surface area is 514 Å². The molecule has 0 spiro atoms. The standard InChI is InChI=1S/C73H129NO10/c1-4-7-10-13-16-19-22-25-27-29-31-33-35-36-38-40-42-45-48-51-54-57-60-66(77)72(81)74-64(65(76)59-56-53-50-47-44-24-21-18-15-12-9-6-3)63-82-73-71(70(80)69(79)67(62-75)83-73)84-68(78)61-58-55-52-49-46-43-41-39-37-34-32-30-28-26-23-20-17-14-11-8-5-2/h16-17,19-20,25-28,31-34,56,59,64-67,69-71,73,75-77,79-80H,4-15,18,21-24,29-30,35-55,57-58,60-63H2,1-3H3,(H,74,81)/b19-16-,20-17-,27-25-,28-26-,33-31-,34-32-,59-56+. The van der Waals surface area contributed by atoms with Crippen LogP contribution in [-0.4, -0.2) is 99.6 Å². The summed E-state index contributed by atoms with van der Waals surface area (Å²) >= 11 is 0. The van der Waals surface area contributed by atoms with Gasteiger partial charge in [-0.3, -0.25) is 9.59 Å². The second-order valence-electron chi connectivity index (χ2n) is 23.9. The number of carbonyl (C=O) groups is 2. The smallest absolute Gasteiger partial charge is 0.306 e. The Hall–Kier alpha value is -3.16. The van der Waals surface area contributed by atoms with E-state index in [4.69, 9.17) is 14.2 Å². The number of aliphatic hydroxyl groups is 5. The summed E-state index contributed by atoms with van der Waals surface area (Å²) in [5, 5.41) is 57.2. The van der Waals surface area contributed by atoms with Crippen LogP contribution in [0.3, 0.4) is 0 Å². The zero-order valence-electron chi connectivity index (χ0n) is 54.0. The second-order valence-corrected chi connectivity index (χ2v) is 23.9. The predicted octanol–water partition coefficient (Wildman–Crippen LogP) is 17.7. The van der Waals surface area contributed by atoms with Crippen molar-refractivity contribution in [3.05, 3.63) is 85.1 Å². The van der Waals surface area contributed by atoms with Crippen LogP contribution in [-0.2, 0) is 23.8 Å². The lowest BCUT2D eigenvalue weighted by atomic mass is 9.99. The molecule has 0 aromatic heterocycles. The Morgan fingerprint density at radius 3 is 1.25 bits per heavy atom. The Balaban J connectivity index is 2.61. The van der Waals surface area contributed by atoms with Crippen LogP contribution >= 0.6 is 0 Å². The molecule has 1 saturated heterocycles. The molecule has 1 aliphatic rings. The number of unbranched alkanes of at least 4 members (excludes halogenated alkanes) is 33. The molecule has 1 rings (SSSR count). The van der Waals surface area contributed by atoms with Crippen molar-refractivity contribution in [1.29, 1.82) is 0 Å². The fourth-order valence-corrected chi connectivity index (χ4v) is 10.5. The zero-order valence-corrected chi connectivity index (χ0v) is 54.0. The molecule has 486 valence electrons. The molecule has 0 aromatic rings. The average molecular weight is 1180 g/mol. The van der Waals surface area contributed by atoms with Crippen LogP contribution < -0.4 is 5.32 Å². The van der Waals surface area contributed by atoms with Crippen LogP contribution in [0.1, 0.15) is 303 Å². The molecule has 0 bridgehead atoms. The molecular formula is C73H129NO10. The molecule has 8 unspecified atom stereocenters. The summed E-state index contributed by atoms with van der Waals surface area (Å²) in [7, 11) is 0. The molecule has 84 heavy (non-hydrogen) atoms. The van der Waals surface area contributed by atoms with Gasteiger partial charge in [-0.2, -0.15) is 0 Å². The first-order chi connectivity index (χ1) is 41.2. The number of esters is 1. The highest BCUT2D eigenvalue weighted by Crippen LogP contribution is 2.26. The summed E-state index contributed by atoms with van der Waals surface area (Å²) in [4.78, 5) is 26.7. The number of nitrogens with one attached hydrogen (secondary N) is 1. The quantitative estimate of drug-likeness (QED) is 0.0195. The third-order valence-corrected chi connectivity index (χ3v) is 16.0. The highest BCUT2D eigenvalue weighted by molar-refractivity contribution is 5.80. The Kier molecular flexibility index (Phi) is 56.5. The molecule has 0 saturated carbocycles. The topological polar surface area (TPSA) is 175 Å². The molecule has 1 aliphatic heterocycles. The first kappa shape index (κ1) is 78.9. The van der Waals surface area contributed by atoms with Gasteiger partial charge in [0.2, 0.25) is 5.91 Å². The molecule has 8 atom stereocenters. The lowest BCUT2D eigenvalue weighted by molar-refractivity contribution is -0.305. The first-order valence-electron chi connectivity index (χ1n) is 34.9. The monoisotopic (exact) mass is 1180 g/mol. The molecule has 6 N–H and O–H groups in total. The first-order valence-corrected chi connectivity index (χ1v) is 34.9. The third-order valence-electron chi connectivity index (χ3n) is 16.0. The molecular weight excluding hydrogens is 1050 g/mol. The van der Waals surface area contributed by atoms with Crippen LogP contribution in [0.4, 0.5) is 0 Å². The van der Waals surface area contributed by atoms with Crippen molar-refractivity contribution in [2.45, 2.75) is 352 Å². The van der Waals surface area contributed by atoms with Gasteiger partial charge in [-0.25, -0.2) is 0 Å². The SMILES string of the molecule is CCCCC/C=C\C/C=C\C/C=C\CCCCCCCCCCCC(O)C(=O)NC(COC1OC(CO)C(O)C(O)C1OC(=O)CCCCCCCCCC/C=C\C/C=C\C/C=C\CCCCC)C(O)/C=C/CCCCCCCCCCCC. The number of carbonyl (C=O) groups excluding carboxylic acids is 2. The normalized spacial score (nSPS) is 19.0. The second kappa shape index (κ2) is 60.1. The van der Waals surface area contributed by atoms with Crippen LogP contribution in [0.2, 0.25) is 0 Å². The molecule has 0 radical (unpaired) electrons. The highest BCUT2D eigenvalue weighted by Gasteiger charge is 2.47. The van der Waals surface area contributed by atoms with Gasteiger partial charge in [0.1, 0.15) is 24.4 Å². The molecule has 1 heterocycles. The minimum atomic E-state index is -1.62. The van der Waals surface area contributed by atoms with E-state index in [0.29, 0.717) is 12.8 Å². The summed E-state index contributed by atoms with van der Waals surface area (Å²) in [5.41, 5.74) is 0. The maximum Gasteiger partial charge on any atom is 0.306 e. The van der Waals surface area contributed by atoms with Crippen LogP contribution in [0.5, 0.6) is 0 Å². The lowest BCUT2D eigenvalue weighted by Crippen LogP contribution is -2.61. The van der Waals surface area contributed by atoms with Gasteiger partial charge in [0, 0.05) is 6.42 Å². The zero-order chi connectivity index (χ0) is 61.0. The van der Waals surface area contributed by atoms with Gasteiger partial charge in [0.15, 0.2) is 12.4 Å². The number of rotatable bonds is 59. The number of amides is 1. The fourth-order valence-electron chi connectivity index (χ4n) is 10.5. The molecule has 1 amide bonds.